The highest BCUT2D eigenvalue weighted by Gasteiger charge is 2.41. The topological polar surface area (TPSA) is 154 Å². The van der Waals surface area contributed by atoms with Gasteiger partial charge in [-0.1, -0.05) is 195 Å². The summed E-state index contributed by atoms with van der Waals surface area (Å²) < 4.78 is 1.26. The van der Waals surface area contributed by atoms with Gasteiger partial charge in [-0.3, -0.25) is 28.7 Å². The third kappa shape index (κ3) is 13.8. The molecule has 0 aliphatic rings. The Balaban J connectivity index is 0.918. The summed E-state index contributed by atoms with van der Waals surface area (Å²) in [6, 6.07) is 53.7. The first-order valence-electron chi connectivity index (χ1n) is 34.6. The maximum atomic E-state index is 15.2. The number of quaternary nitrogens is 2. The number of nitrogens with zero attached hydrogens (tertiary/aromatic N) is 5. The fraction of sp³-hybridized carbons (Fsp3) is 0.375. The predicted molar refractivity (Wildman–Crippen MR) is 384 cm³/mol. The molecule has 14 nitrogen and oxygen atoms in total. The number of aromatic nitrogens is 2. The summed E-state index contributed by atoms with van der Waals surface area (Å²) >= 11 is 0. The first-order chi connectivity index (χ1) is 46.1. The van der Waals surface area contributed by atoms with Crippen molar-refractivity contribution < 1.29 is 19.4 Å². The van der Waals surface area contributed by atoms with Gasteiger partial charge in [0.2, 0.25) is 22.7 Å². The lowest BCUT2D eigenvalue weighted by Gasteiger charge is -2.31. The van der Waals surface area contributed by atoms with Crippen molar-refractivity contribution in [2.45, 2.75) is 163 Å². The Hall–Kier alpha value is -8.70. The molecule has 484 valence electrons. The van der Waals surface area contributed by atoms with Crippen LogP contribution in [0.15, 0.2) is 165 Å². The van der Waals surface area contributed by atoms with Gasteiger partial charge in [-0.25, -0.2) is 0 Å². The number of fused-ring (bicyclic) bond motifs is 6. The first-order valence-corrected chi connectivity index (χ1v) is 34.6. The van der Waals surface area contributed by atoms with E-state index >= 15 is 4.79 Å². The van der Waals surface area contributed by atoms with Crippen LogP contribution in [0.1, 0.15) is 166 Å². The van der Waals surface area contributed by atoms with Gasteiger partial charge in [0.1, 0.15) is 32.0 Å². The number of hydrogen-bond acceptors (Lipinski definition) is 9. The van der Waals surface area contributed by atoms with E-state index in [1.165, 1.54) is 4.57 Å². The van der Waals surface area contributed by atoms with Crippen molar-refractivity contribution in [3.05, 3.63) is 214 Å². The molecule has 0 unspecified atom stereocenters. The van der Waals surface area contributed by atoms with E-state index in [1.807, 2.05) is 84.9 Å². The van der Waals surface area contributed by atoms with Gasteiger partial charge in [-0.2, -0.15) is 24.6 Å². The van der Waals surface area contributed by atoms with E-state index in [9.17, 15) is 19.6 Å². The molecular weight excluding hydrogens is 1170 g/mol. The highest BCUT2D eigenvalue weighted by atomic mass is 17.0. The molecule has 0 fully saturated rings. The van der Waals surface area contributed by atoms with E-state index in [2.05, 4.69) is 93.3 Å². The molecule has 0 saturated carbocycles. The lowest BCUT2D eigenvalue weighted by molar-refractivity contribution is -0.316. The fourth-order valence-electron chi connectivity index (χ4n) is 13.6. The zero-order valence-electron chi connectivity index (χ0n) is 55.2. The van der Waals surface area contributed by atoms with Crippen LogP contribution in [0.2, 0.25) is 0 Å². The summed E-state index contributed by atoms with van der Waals surface area (Å²) in [6.07, 6.45) is 19.3. The maximum absolute atomic E-state index is 15.2. The second-order valence-corrected chi connectivity index (χ2v) is 25.0. The normalized spacial score (nSPS) is 12.1. The van der Waals surface area contributed by atoms with E-state index < -0.39 is 22.2 Å². The van der Waals surface area contributed by atoms with Crippen LogP contribution in [-0.2, 0) is 38.7 Å². The van der Waals surface area contributed by atoms with E-state index in [4.69, 9.17) is 24.2 Å². The Bertz CT molecular complexity index is 4660. The van der Waals surface area contributed by atoms with Gasteiger partial charge < -0.3 is 0 Å². The standard InChI is InChI=1S/C80H88N6O8/c1-5-9-13-23-50-91-85(61-33-19-17-20-34-61,92-51-24-14-10-6-2)63-44-38-57(39-45-63)30-28-48-82-56-68-71-65-37-27-32-59-42-43-60(55-81)70(69(59)65)66-54-67-74(75(72(66)71)76-73(68)77(87)83-78(76)88)80(90)84(79(67)89)49-29-31-58-40-46-64(47-41-58)86(62-35-21-18-22-36-62,93-52-25-15-11-7-3)94-53-26-16-12-8-4/h17-22,27,32-47,54H,5-16,23-26,28-31,48-53H2,1-4H3/q+2/p+1. The molecule has 0 bridgehead atoms. The minimum atomic E-state index is -0.686. The number of hydrogen-bond donors (Lipinski definition) is 1. The molecule has 1 N–H and O–H groups in total. The van der Waals surface area contributed by atoms with Crippen molar-refractivity contribution in [1.82, 2.24) is 19.2 Å². The number of unbranched alkanes of at least 4 members (excludes halogenated alkanes) is 12. The van der Waals surface area contributed by atoms with Crippen molar-refractivity contribution in [1.29, 1.82) is 5.26 Å². The second kappa shape index (κ2) is 31.5. The number of rotatable bonds is 35. The van der Waals surface area contributed by atoms with Crippen molar-refractivity contribution in [3.63, 3.8) is 0 Å². The monoisotopic (exact) mass is 1260 g/mol. The molecule has 0 aliphatic heterocycles. The van der Waals surface area contributed by atoms with E-state index in [-0.39, 0.29) is 43.1 Å². The number of para-hydroxylation sites is 2. The minimum Gasteiger partial charge on any atom is -0.288 e. The molecule has 0 amide bonds. The van der Waals surface area contributed by atoms with Gasteiger partial charge in [-0.15, -0.1) is 0 Å². The zero-order chi connectivity index (χ0) is 65.4. The maximum Gasteiger partial charge on any atom is 0.312 e. The van der Waals surface area contributed by atoms with Crippen LogP contribution in [0.5, 0.6) is 0 Å². The van der Waals surface area contributed by atoms with Crippen LogP contribution in [0.3, 0.4) is 0 Å². The Labute approximate surface area is 550 Å². The van der Waals surface area contributed by atoms with Gasteiger partial charge in [-0.05, 0) is 89.8 Å². The second-order valence-electron chi connectivity index (χ2n) is 25.0. The fourth-order valence-corrected chi connectivity index (χ4v) is 13.6. The summed E-state index contributed by atoms with van der Waals surface area (Å²) in [7, 11) is 0. The Morgan fingerprint density at radius 1 is 0.426 bits per heavy atom. The number of nitriles is 1. The lowest BCUT2D eigenvalue weighted by Crippen LogP contribution is -2.44. The smallest absolute Gasteiger partial charge is 0.288 e. The number of benzene rings is 9. The van der Waals surface area contributed by atoms with Gasteiger partial charge in [0, 0.05) is 92.7 Å². The molecule has 94 heavy (non-hydrogen) atoms. The number of H-pyrrole nitrogens is 1. The summed E-state index contributed by atoms with van der Waals surface area (Å²) in [4.78, 5) is 93.3. The average molecular weight is 1260 g/mol. The molecule has 0 aliphatic carbocycles. The average Bonchev–Trinajstić information content (AvgIpc) is 1.40. The largest absolute Gasteiger partial charge is 0.312 e. The summed E-state index contributed by atoms with van der Waals surface area (Å²) in [5.74, 6) is 0. The number of nitrogens with one attached hydrogen (secondary N) is 1. The molecule has 2 aromatic heterocycles. The van der Waals surface area contributed by atoms with Crippen LogP contribution < -0.4 is 31.9 Å². The lowest BCUT2D eigenvalue weighted by atomic mass is 9.83. The molecule has 0 saturated heterocycles. The highest BCUT2D eigenvalue weighted by Crippen LogP contribution is 2.47. The summed E-state index contributed by atoms with van der Waals surface area (Å²) in [5, 5.41) is 15.7. The highest BCUT2D eigenvalue weighted by molar-refractivity contribution is 6.42. The minimum absolute atomic E-state index is 0.00693. The number of aromatic amines is 1. The molecule has 11 aromatic rings. The van der Waals surface area contributed by atoms with Gasteiger partial charge in [0.25, 0.3) is 28.8 Å². The molecular formula is C80H89N6O8+3. The third-order valence-corrected chi connectivity index (χ3v) is 18.5. The van der Waals surface area contributed by atoms with Crippen molar-refractivity contribution in [2.75, 3.05) is 33.0 Å². The zero-order valence-corrected chi connectivity index (χ0v) is 55.2. The van der Waals surface area contributed by atoms with Crippen LogP contribution in [0, 0.1) is 17.4 Å². The SMILES string of the molecule is CCCCCCO[N+](OCCCCCC)(c1ccccc1)c1ccc(CCC[N+]#Cc2c3c(=O)[nH]c(=O)c3c3c4c(=O)n(CCCc5ccc([N+](OCCCCCC)(OCCCCCC)c6ccccc6)cc5)c(=O)c4cc4c5c(C#N)ccc6cccc(c2c43)c65)cc1. The van der Waals surface area contributed by atoms with Crippen LogP contribution in [-0.4, -0.2) is 42.5 Å². The third-order valence-electron chi connectivity index (χ3n) is 18.5. The first kappa shape index (κ1) is 66.7. The van der Waals surface area contributed by atoms with Crippen LogP contribution >= 0.6 is 0 Å². The molecule has 2 heterocycles. The van der Waals surface area contributed by atoms with Gasteiger partial charge in [0.05, 0.1) is 33.2 Å². The summed E-state index contributed by atoms with van der Waals surface area (Å²) in [6.45, 7) is 11.4. The molecule has 14 heteroatoms. The molecule has 0 radical (unpaired) electrons. The van der Waals surface area contributed by atoms with Gasteiger partial charge in [0.15, 0.2) is 0 Å². The molecule has 0 spiro atoms. The van der Waals surface area contributed by atoms with E-state index in [1.54, 1.807) is 12.1 Å². The Kier molecular flexibility index (Phi) is 22.4. The van der Waals surface area contributed by atoms with E-state index in [0.29, 0.717) is 96.7 Å². The molecule has 11 rings (SSSR count). The molecule has 0 atom stereocenters. The van der Waals surface area contributed by atoms with E-state index in [0.717, 1.165) is 147 Å². The number of aryl methyl sites for hydroxylation is 2. The Morgan fingerprint density at radius 2 is 0.926 bits per heavy atom. The summed E-state index contributed by atoms with van der Waals surface area (Å²) in [5.41, 5.74) is 3.86. The van der Waals surface area contributed by atoms with Gasteiger partial charge >= 0.3 is 6.07 Å². The predicted octanol–water partition coefficient (Wildman–Crippen LogP) is 18.6. The molecule has 9 aromatic carbocycles. The van der Waals surface area contributed by atoms with Crippen LogP contribution in [0.4, 0.5) is 22.7 Å². The van der Waals surface area contributed by atoms with Crippen molar-refractivity contribution >= 4 is 87.4 Å². The Morgan fingerprint density at radius 3 is 1.44 bits per heavy atom. The van der Waals surface area contributed by atoms with Crippen molar-refractivity contribution in [2.24, 2.45) is 0 Å². The van der Waals surface area contributed by atoms with Crippen LogP contribution in [0.25, 0.3) is 69.5 Å². The van der Waals surface area contributed by atoms with Crippen molar-refractivity contribution in [3.8, 4) is 12.1 Å². The quantitative estimate of drug-likeness (QED) is 0.0134.